The summed E-state index contributed by atoms with van der Waals surface area (Å²) >= 11 is 5.99. The number of aryl methyl sites for hydroxylation is 1. The number of rotatable bonds is 6. The van der Waals surface area contributed by atoms with E-state index in [9.17, 15) is 14.4 Å². The molecular weight excluding hydrogens is 404 g/mol. The first-order valence-electron chi connectivity index (χ1n) is 9.59. The molecule has 1 aromatic carbocycles. The van der Waals surface area contributed by atoms with E-state index < -0.39 is 17.5 Å². The smallest absolute Gasteiger partial charge is 0.261 e. The molecular formula is C22H23ClN4O3. The third-order valence-corrected chi connectivity index (χ3v) is 4.95. The van der Waals surface area contributed by atoms with E-state index in [4.69, 9.17) is 11.6 Å². The fraction of sp³-hybridized carbons (Fsp3) is 0.273. The molecule has 2 aromatic heterocycles. The number of aromatic nitrogens is 3. The van der Waals surface area contributed by atoms with E-state index in [2.05, 4.69) is 20.3 Å². The van der Waals surface area contributed by atoms with Crippen molar-refractivity contribution in [2.24, 2.45) is 0 Å². The Hall–Kier alpha value is -3.19. The molecule has 1 unspecified atom stereocenters. The molecule has 0 aliphatic rings. The molecule has 30 heavy (non-hydrogen) atoms. The van der Waals surface area contributed by atoms with Crippen molar-refractivity contribution < 1.29 is 4.79 Å². The normalized spacial score (nSPS) is 12.0. The highest BCUT2D eigenvalue weighted by Gasteiger charge is 2.20. The third-order valence-electron chi connectivity index (χ3n) is 4.70. The van der Waals surface area contributed by atoms with E-state index in [0.717, 1.165) is 11.3 Å². The van der Waals surface area contributed by atoms with Crippen molar-refractivity contribution >= 4 is 17.5 Å². The zero-order valence-corrected chi connectivity index (χ0v) is 17.7. The van der Waals surface area contributed by atoms with Crippen molar-refractivity contribution in [3.8, 4) is 0 Å². The summed E-state index contributed by atoms with van der Waals surface area (Å²) in [6.45, 7) is 5.60. The number of halogens is 1. The molecule has 1 amide bonds. The van der Waals surface area contributed by atoms with Crippen LogP contribution in [-0.4, -0.2) is 20.9 Å². The van der Waals surface area contributed by atoms with Crippen molar-refractivity contribution in [2.75, 3.05) is 0 Å². The van der Waals surface area contributed by atoms with Crippen LogP contribution in [0.1, 0.15) is 58.9 Å². The fourth-order valence-corrected chi connectivity index (χ4v) is 3.27. The molecule has 1 atom stereocenters. The number of amides is 1. The van der Waals surface area contributed by atoms with Crippen LogP contribution in [0, 0.1) is 6.92 Å². The highest BCUT2D eigenvalue weighted by Crippen LogP contribution is 2.20. The summed E-state index contributed by atoms with van der Waals surface area (Å²) in [6.07, 6.45) is 0.278. The van der Waals surface area contributed by atoms with Gasteiger partial charge in [-0.25, -0.2) is 4.98 Å². The second-order valence-electron chi connectivity index (χ2n) is 7.42. The van der Waals surface area contributed by atoms with Crippen LogP contribution in [0.3, 0.4) is 0 Å². The molecule has 0 saturated heterocycles. The number of carbonyl (C=O) groups excluding carboxylic acids is 1. The Labute approximate surface area is 178 Å². The van der Waals surface area contributed by atoms with Crippen LogP contribution in [0.4, 0.5) is 0 Å². The quantitative estimate of drug-likeness (QED) is 0.562. The van der Waals surface area contributed by atoms with Gasteiger partial charge in [0.25, 0.3) is 17.0 Å². The number of aromatic amines is 2. The van der Waals surface area contributed by atoms with Crippen LogP contribution >= 0.6 is 11.6 Å². The lowest BCUT2D eigenvalue weighted by Crippen LogP contribution is -2.34. The molecule has 3 aromatic rings. The van der Waals surface area contributed by atoms with Crippen molar-refractivity contribution in [2.45, 2.75) is 39.2 Å². The molecule has 0 saturated carbocycles. The molecule has 7 nitrogen and oxygen atoms in total. The summed E-state index contributed by atoms with van der Waals surface area (Å²) < 4.78 is 0. The minimum Gasteiger partial charge on any atom is -0.345 e. The van der Waals surface area contributed by atoms with Gasteiger partial charge in [-0.3, -0.25) is 14.4 Å². The molecule has 0 radical (unpaired) electrons. The number of hydrogen-bond acceptors (Lipinski definition) is 4. The first-order chi connectivity index (χ1) is 14.2. The Balaban J connectivity index is 1.92. The number of carbonyl (C=O) groups is 1. The number of nitrogens with zero attached hydrogens (tertiary/aromatic N) is 1. The maximum absolute atomic E-state index is 12.9. The summed E-state index contributed by atoms with van der Waals surface area (Å²) in [5, 5.41) is 3.46. The minimum atomic E-state index is -0.507. The van der Waals surface area contributed by atoms with Crippen LogP contribution < -0.4 is 16.4 Å². The first-order valence-corrected chi connectivity index (χ1v) is 9.97. The van der Waals surface area contributed by atoms with Crippen molar-refractivity contribution in [1.29, 1.82) is 0 Å². The molecule has 0 aliphatic heterocycles. The maximum atomic E-state index is 12.9. The standard InChI is InChI=1S/C22H23ClN4O3/c1-12(2)18-9-8-17(21(29)26-18)22(30)27-19(14-4-6-15(23)7-5-14)10-16-11-20(28)25-13(3)24-16/h4-9,11-12,19H,10H2,1-3H3,(H,26,29)(H,27,30)(H,24,25,28). The van der Waals surface area contributed by atoms with Gasteiger partial charge >= 0.3 is 0 Å². The third kappa shape index (κ3) is 5.24. The van der Waals surface area contributed by atoms with E-state index in [0.29, 0.717) is 16.5 Å². The molecule has 0 bridgehead atoms. The highest BCUT2D eigenvalue weighted by molar-refractivity contribution is 6.30. The Morgan fingerprint density at radius 1 is 1.10 bits per heavy atom. The highest BCUT2D eigenvalue weighted by atomic mass is 35.5. The second-order valence-corrected chi connectivity index (χ2v) is 7.85. The van der Waals surface area contributed by atoms with Gasteiger partial charge in [-0.15, -0.1) is 0 Å². The van der Waals surface area contributed by atoms with Gasteiger partial charge in [0, 0.05) is 23.2 Å². The summed E-state index contributed by atoms with van der Waals surface area (Å²) in [7, 11) is 0. The van der Waals surface area contributed by atoms with Crippen LogP contribution in [0.2, 0.25) is 5.02 Å². The molecule has 156 valence electrons. The van der Waals surface area contributed by atoms with E-state index >= 15 is 0 Å². The molecule has 2 heterocycles. The van der Waals surface area contributed by atoms with Gasteiger partial charge in [-0.1, -0.05) is 37.6 Å². The average molecular weight is 427 g/mol. The SMILES string of the molecule is Cc1nc(CC(NC(=O)c2ccc(C(C)C)[nH]c2=O)c2ccc(Cl)cc2)cc(=O)[nH]1. The van der Waals surface area contributed by atoms with Crippen LogP contribution in [0.15, 0.2) is 52.1 Å². The lowest BCUT2D eigenvalue weighted by atomic mass is 10.0. The molecule has 0 spiro atoms. The van der Waals surface area contributed by atoms with Gasteiger partial charge in [0.1, 0.15) is 11.4 Å². The van der Waals surface area contributed by atoms with E-state index in [1.165, 1.54) is 12.1 Å². The Morgan fingerprint density at radius 3 is 2.40 bits per heavy atom. The van der Waals surface area contributed by atoms with E-state index in [-0.39, 0.29) is 23.5 Å². The molecule has 0 aliphatic carbocycles. The largest absolute Gasteiger partial charge is 0.345 e. The maximum Gasteiger partial charge on any atom is 0.261 e. The van der Waals surface area contributed by atoms with E-state index in [1.807, 2.05) is 13.8 Å². The second kappa shape index (κ2) is 9.09. The molecule has 0 fully saturated rings. The Bertz CT molecular complexity index is 1170. The number of nitrogens with one attached hydrogen (secondary N) is 3. The minimum absolute atomic E-state index is 0.0217. The zero-order valence-electron chi connectivity index (χ0n) is 17.0. The van der Waals surface area contributed by atoms with E-state index in [1.54, 1.807) is 37.3 Å². The van der Waals surface area contributed by atoms with Gasteiger partial charge < -0.3 is 15.3 Å². The first kappa shape index (κ1) is 21.5. The van der Waals surface area contributed by atoms with Gasteiger partial charge in [0.15, 0.2) is 0 Å². The lowest BCUT2D eigenvalue weighted by Gasteiger charge is -2.19. The topological polar surface area (TPSA) is 108 Å². The number of H-pyrrole nitrogens is 2. The molecule has 8 heteroatoms. The van der Waals surface area contributed by atoms with Crippen molar-refractivity contribution in [3.63, 3.8) is 0 Å². The predicted molar refractivity (Wildman–Crippen MR) is 116 cm³/mol. The van der Waals surface area contributed by atoms with Crippen molar-refractivity contribution in [3.05, 3.63) is 96.5 Å². The molecule has 3 N–H and O–H groups in total. The zero-order chi connectivity index (χ0) is 21.8. The number of pyridine rings is 1. The van der Waals surface area contributed by atoms with Gasteiger partial charge in [-0.05, 0) is 42.7 Å². The number of hydrogen-bond donors (Lipinski definition) is 3. The summed E-state index contributed by atoms with van der Waals surface area (Å²) in [5.74, 6) is 0.120. The molecule has 3 rings (SSSR count). The summed E-state index contributed by atoms with van der Waals surface area (Å²) in [4.78, 5) is 46.8. The van der Waals surface area contributed by atoms with Crippen LogP contribution in [0.5, 0.6) is 0 Å². The average Bonchev–Trinajstić information content (AvgIpc) is 2.67. The number of benzene rings is 1. The predicted octanol–water partition coefficient (Wildman–Crippen LogP) is 3.26. The van der Waals surface area contributed by atoms with Crippen LogP contribution in [-0.2, 0) is 6.42 Å². The lowest BCUT2D eigenvalue weighted by molar-refractivity contribution is 0.0934. The van der Waals surface area contributed by atoms with Gasteiger partial charge in [0.05, 0.1) is 11.7 Å². The van der Waals surface area contributed by atoms with Crippen LogP contribution in [0.25, 0.3) is 0 Å². The Kier molecular flexibility index (Phi) is 6.52. The van der Waals surface area contributed by atoms with Gasteiger partial charge in [0.2, 0.25) is 0 Å². The monoisotopic (exact) mass is 426 g/mol. The van der Waals surface area contributed by atoms with Gasteiger partial charge in [-0.2, -0.15) is 0 Å². The van der Waals surface area contributed by atoms with Crippen molar-refractivity contribution in [1.82, 2.24) is 20.3 Å². The fourth-order valence-electron chi connectivity index (χ4n) is 3.14. The Morgan fingerprint density at radius 2 is 1.80 bits per heavy atom. The summed E-state index contributed by atoms with van der Waals surface area (Å²) in [6, 6.07) is 11.2. The summed E-state index contributed by atoms with van der Waals surface area (Å²) in [5.41, 5.74) is 1.38.